The topological polar surface area (TPSA) is 54.0 Å². The number of aromatic nitrogens is 1. The van der Waals surface area contributed by atoms with Crippen LogP contribution in [0.15, 0.2) is 48.7 Å². The second kappa shape index (κ2) is 3.96. The van der Waals surface area contributed by atoms with E-state index < -0.39 is 0 Å². The quantitative estimate of drug-likeness (QED) is 0.740. The number of carbonyl (C=O) groups is 1. The van der Waals surface area contributed by atoms with Crippen LogP contribution in [0.5, 0.6) is 0 Å². The van der Waals surface area contributed by atoms with E-state index in [0.29, 0.717) is 17.8 Å². The summed E-state index contributed by atoms with van der Waals surface area (Å²) in [6, 6.07) is 3.79. The Kier molecular flexibility index (Phi) is 2.49. The van der Waals surface area contributed by atoms with E-state index in [4.69, 9.17) is 0 Å². The maximum Gasteiger partial charge on any atom is 0.254 e. The molecular formula is C11H11N3O. The van der Waals surface area contributed by atoms with Gasteiger partial charge in [0.1, 0.15) is 5.82 Å². The molecule has 4 heteroatoms. The third kappa shape index (κ3) is 2.22. The lowest BCUT2D eigenvalue weighted by Crippen LogP contribution is -2.35. The van der Waals surface area contributed by atoms with Gasteiger partial charge in [-0.1, -0.05) is 12.6 Å². The average molecular weight is 201 g/mol. The fourth-order valence-corrected chi connectivity index (χ4v) is 1.35. The van der Waals surface area contributed by atoms with Crippen molar-refractivity contribution in [3.63, 3.8) is 0 Å². The van der Waals surface area contributed by atoms with Crippen LogP contribution in [0.25, 0.3) is 0 Å². The van der Waals surface area contributed by atoms with Crippen LogP contribution in [0.3, 0.4) is 0 Å². The first kappa shape index (κ1) is 9.45. The second-order valence-corrected chi connectivity index (χ2v) is 3.28. The number of pyridine rings is 1. The van der Waals surface area contributed by atoms with Crippen LogP contribution in [0.4, 0.5) is 0 Å². The van der Waals surface area contributed by atoms with E-state index in [2.05, 4.69) is 22.2 Å². The molecule has 1 aromatic heterocycles. The Morgan fingerprint density at radius 3 is 3.00 bits per heavy atom. The SMILES string of the molecule is C=C1NC=C(Cc2cccnc2)C(=O)N1. The van der Waals surface area contributed by atoms with Gasteiger partial charge in [0.15, 0.2) is 0 Å². The molecule has 2 heterocycles. The van der Waals surface area contributed by atoms with Gasteiger partial charge in [0.25, 0.3) is 5.91 Å². The highest BCUT2D eigenvalue weighted by Gasteiger charge is 2.14. The highest BCUT2D eigenvalue weighted by atomic mass is 16.1. The number of carbonyl (C=O) groups excluding carboxylic acids is 1. The van der Waals surface area contributed by atoms with Gasteiger partial charge in [-0.2, -0.15) is 0 Å². The normalized spacial score (nSPS) is 15.3. The summed E-state index contributed by atoms with van der Waals surface area (Å²) in [5.74, 6) is 0.400. The Bertz CT molecular complexity index is 423. The van der Waals surface area contributed by atoms with Crippen molar-refractivity contribution < 1.29 is 4.79 Å². The van der Waals surface area contributed by atoms with Gasteiger partial charge in [0.05, 0.1) is 0 Å². The van der Waals surface area contributed by atoms with Crippen LogP contribution in [-0.4, -0.2) is 10.9 Å². The van der Waals surface area contributed by atoms with Gasteiger partial charge in [-0.25, -0.2) is 0 Å². The molecule has 1 aromatic rings. The summed E-state index contributed by atoms with van der Waals surface area (Å²) in [5, 5.41) is 5.49. The third-order valence-corrected chi connectivity index (χ3v) is 2.09. The fourth-order valence-electron chi connectivity index (χ4n) is 1.35. The monoisotopic (exact) mass is 201 g/mol. The summed E-state index contributed by atoms with van der Waals surface area (Å²) in [5.41, 5.74) is 1.68. The second-order valence-electron chi connectivity index (χ2n) is 3.28. The highest BCUT2D eigenvalue weighted by Crippen LogP contribution is 2.09. The molecule has 4 nitrogen and oxygen atoms in total. The zero-order valence-electron chi connectivity index (χ0n) is 8.16. The molecule has 1 aliphatic heterocycles. The fraction of sp³-hybridized carbons (Fsp3) is 0.0909. The molecule has 76 valence electrons. The van der Waals surface area contributed by atoms with Crippen molar-refractivity contribution in [1.29, 1.82) is 0 Å². The van der Waals surface area contributed by atoms with Crippen molar-refractivity contribution >= 4 is 5.91 Å². The van der Waals surface area contributed by atoms with Crippen molar-refractivity contribution in [2.75, 3.05) is 0 Å². The maximum atomic E-state index is 11.5. The van der Waals surface area contributed by atoms with Crippen LogP contribution < -0.4 is 10.6 Å². The van der Waals surface area contributed by atoms with Crippen molar-refractivity contribution in [2.24, 2.45) is 0 Å². The molecule has 0 aromatic carbocycles. The zero-order chi connectivity index (χ0) is 10.7. The molecule has 0 unspecified atom stereocenters. The number of hydrogen-bond acceptors (Lipinski definition) is 3. The molecule has 0 fully saturated rings. The van der Waals surface area contributed by atoms with Crippen LogP contribution in [0, 0.1) is 0 Å². The summed E-state index contributed by atoms with van der Waals surface area (Å²) in [4.78, 5) is 15.5. The molecule has 2 N–H and O–H groups in total. The summed E-state index contributed by atoms with van der Waals surface area (Å²) < 4.78 is 0. The van der Waals surface area contributed by atoms with Gasteiger partial charge in [-0.05, 0) is 11.6 Å². The molecule has 0 atom stereocenters. The molecular weight excluding hydrogens is 190 g/mol. The van der Waals surface area contributed by atoms with Gasteiger partial charge in [-0.15, -0.1) is 0 Å². The molecule has 1 amide bonds. The Balaban J connectivity index is 2.13. The van der Waals surface area contributed by atoms with E-state index >= 15 is 0 Å². The molecule has 0 spiro atoms. The van der Waals surface area contributed by atoms with E-state index in [1.54, 1.807) is 18.6 Å². The first-order valence-corrected chi connectivity index (χ1v) is 4.60. The number of hydrogen-bond donors (Lipinski definition) is 2. The van der Waals surface area contributed by atoms with Gasteiger partial charge >= 0.3 is 0 Å². The molecule has 2 rings (SSSR count). The van der Waals surface area contributed by atoms with E-state index in [1.807, 2.05) is 12.1 Å². The standard InChI is InChI=1S/C11H11N3O/c1-8-13-7-10(11(15)14-8)5-9-3-2-4-12-6-9/h2-4,6-7,13H,1,5H2,(H,14,15). The minimum Gasteiger partial charge on any atom is -0.348 e. The summed E-state index contributed by atoms with van der Waals surface area (Å²) >= 11 is 0. The van der Waals surface area contributed by atoms with Crippen molar-refractivity contribution in [2.45, 2.75) is 6.42 Å². The van der Waals surface area contributed by atoms with Crippen LogP contribution in [0.1, 0.15) is 5.56 Å². The molecule has 0 saturated carbocycles. The Morgan fingerprint density at radius 2 is 2.33 bits per heavy atom. The molecule has 1 aliphatic rings. The summed E-state index contributed by atoms with van der Waals surface area (Å²) in [6.45, 7) is 3.61. The van der Waals surface area contributed by atoms with Crippen LogP contribution in [0.2, 0.25) is 0 Å². The van der Waals surface area contributed by atoms with Gasteiger partial charge < -0.3 is 10.6 Å². The Hall–Kier alpha value is -2.10. The van der Waals surface area contributed by atoms with Crippen LogP contribution in [-0.2, 0) is 11.2 Å². The lowest BCUT2D eigenvalue weighted by molar-refractivity contribution is -0.117. The number of nitrogens with one attached hydrogen (secondary N) is 2. The molecule has 0 aliphatic carbocycles. The molecule has 0 radical (unpaired) electrons. The maximum absolute atomic E-state index is 11.5. The molecule has 0 saturated heterocycles. The Labute approximate surface area is 87.7 Å². The van der Waals surface area contributed by atoms with Crippen LogP contribution >= 0.6 is 0 Å². The lowest BCUT2D eigenvalue weighted by atomic mass is 10.1. The van der Waals surface area contributed by atoms with Gasteiger partial charge in [0.2, 0.25) is 0 Å². The third-order valence-electron chi connectivity index (χ3n) is 2.09. The zero-order valence-corrected chi connectivity index (χ0v) is 8.16. The van der Waals surface area contributed by atoms with Crippen molar-refractivity contribution in [3.05, 3.63) is 54.3 Å². The highest BCUT2D eigenvalue weighted by molar-refractivity contribution is 5.95. The summed E-state index contributed by atoms with van der Waals surface area (Å²) in [6.07, 6.45) is 5.70. The number of amides is 1. The first-order valence-electron chi connectivity index (χ1n) is 4.60. The minimum atomic E-state index is -0.109. The smallest absolute Gasteiger partial charge is 0.254 e. The van der Waals surface area contributed by atoms with E-state index in [0.717, 1.165) is 5.56 Å². The van der Waals surface area contributed by atoms with Crippen molar-refractivity contribution in [3.8, 4) is 0 Å². The number of nitrogens with zero attached hydrogens (tertiary/aromatic N) is 1. The molecule has 15 heavy (non-hydrogen) atoms. The predicted molar refractivity (Wildman–Crippen MR) is 56.4 cm³/mol. The number of rotatable bonds is 2. The van der Waals surface area contributed by atoms with Gasteiger partial charge in [-0.3, -0.25) is 9.78 Å². The van der Waals surface area contributed by atoms with E-state index in [1.165, 1.54) is 0 Å². The Morgan fingerprint density at radius 1 is 1.47 bits per heavy atom. The minimum absolute atomic E-state index is 0.109. The molecule has 0 bridgehead atoms. The predicted octanol–water partition coefficient (Wildman–Crippen LogP) is 0.699. The lowest BCUT2D eigenvalue weighted by Gasteiger charge is -2.16. The summed E-state index contributed by atoms with van der Waals surface area (Å²) in [7, 11) is 0. The van der Waals surface area contributed by atoms with E-state index in [9.17, 15) is 4.79 Å². The van der Waals surface area contributed by atoms with Gasteiger partial charge in [0, 0.05) is 30.6 Å². The van der Waals surface area contributed by atoms with Crippen molar-refractivity contribution in [1.82, 2.24) is 15.6 Å². The first-order chi connectivity index (χ1) is 7.25. The average Bonchev–Trinajstić information content (AvgIpc) is 2.24. The largest absolute Gasteiger partial charge is 0.348 e. The van der Waals surface area contributed by atoms with E-state index in [-0.39, 0.29) is 5.91 Å².